The molecule has 0 rings (SSSR count). The Labute approximate surface area is 334 Å². The number of phosphoric acid groups is 1. The van der Waals surface area contributed by atoms with Gasteiger partial charge in [0.05, 0.1) is 19.8 Å². The third-order valence-corrected chi connectivity index (χ3v) is 10.8. The van der Waals surface area contributed by atoms with Crippen molar-refractivity contribution >= 4 is 13.8 Å². The van der Waals surface area contributed by atoms with E-state index in [0.29, 0.717) is 13.0 Å². The van der Waals surface area contributed by atoms with Gasteiger partial charge in [0.2, 0.25) is 0 Å². The highest BCUT2D eigenvalue weighted by Crippen LogP contribution is 2.43. The number of carbonyl (C=O) groups excluding carboxylic acids is 1. The summed E-state index contributed by atoms with van der Waals surface area (Å²) in [6.45, 7) is 4.93. The third kappa shape index (κ3) is 42.1. The summed E-state index contributed by atoms with van der Waals surface area (Å²) in [6.07, 6.45) is 47.6. The predicted octanol–water partition coefficient (Wildman–Crippen LogP) is 13.6. The van der Waals surface area contributed by atoms with Crippen LogP contribution < -0.4 is 5.73 Å². The number of hydrogen-bond donors (Lipinski definition) is 2. The van der Waals surface area contributed by atoms with Crippen molar-refractivity contribution in [3.05, 3.63) is 24.3 Å². The zero-order valence-electron chi connectivity index (χ0n) is 35.5. The molecule has 0 heterocycles. The predicted molar refractivity (Wildman–Crippen MR) is 229 cm³/mol. The van der Waals surface area contributed by atoms with E-state index in [2.05, 4.69) is 38.2 Å². The normalized spacial score (nSPS) is 13.6. The molecule has 0 aliphatic carbocycles. The van der Waals surface area contributed by atoms with Crippen molar-refractivity contribution in [1.82, 2.24) is 0 Å². The molecule has 0 saturated carbocycles. The first-order valence-corrected chi connectivity index (χ1v) is 24.3. The number of rotatable bonds is 44. The monoisotopic (exact) mass is 786 g/mol. The Bertz CT molecular complexity index is 884. The van der Waals surface area contributed by atoms with Crippen LogP contribution in [0.5, 0.6) is 0 Å². The summed E-state index contributed by atoms with van der Waals surface area (Å²) in [5, 5.41) is 0. The highest BCUT2D eigenvalue weighted by Gasteiger charge is 2.25. The summed E-state index contributed by atoms with van der Waals surface area (Å²) in [7, 11) is -4.28. The zero-order chi connectivity index (χ0) is 39.5. The van der Waals surface area contributed by atoms with Crippen molar-refractivity contribution in [2.45, 2.75) is 225 Å². The second-order valence-electron chi connectivity index (χ2n) is 15.3. The van der Waals surface area contributed by atoms with E-state index in [9.17, 15) is 14.3 Å². The number of phosphoric ester groups is 1. The van der Waals surface area contributed by atoms with Crippen LogP contribution in [0.4, 0.5) is 0 Å². The van der Waals surface area contributed by atoms with Gasteiger partial charge in [-0.05, 0) is 64.2 Å². The quantitative estimate of drug-likeness (QED) is 0.0271. The fourth-order valence-corrected chi connectivity index (χ4v) is 7.22. The minimum Gasteiger partial charge on any atom is -0.457 e. The zero-order valence-corrected chi connectivity index (χ0v) is 36.4. The van der Waals surface area contributed by atoms with Crippen molar-refractivity contribution in [1.29, 1.82) is 0 Å². The number of ether oxygens (including phenoxy) is 2. The number of nitrogens with two attached hydrogens (primary N) is 1. The second-order valence-corrected chi connectivity index (χ2v) is 16.7. The molecule has 0 aliphatic rings. The van der Waals surface area contributed by atoms with E-state index < -0.39 is 13.9 Å². The minimum absolute atomic E-state index is 0.0954. The average Bonchev–Trinajstić information content (AvgIpc) is 3.16. The fourth-order valence-electron chi connectivity index (χ4n) is 6.46. The van der Waals surface area contributed by atoms with Crippen LogP contribution >= 0.6 is 7.82 Å². The molecular formula is C45H88NO7P. The second kappa shape index (κ2) is 43.1. The summed E-state index contributed by atoms with van der Waals surface area (Å²) in [5.41, 5.74) is 5.37. The van der Waals surface area contributed by atoms with Gasteiger partial charge in [0.25, 0.3) is 0 Å². The molecule has 0 aromatic heterocycles. The Morgan fingerprint density at radius 2 is 0.926 bits per heavy atom. The molecule has 0 fully saturated rings. The Kier molecular flexibility index (Phi) is 42.3. The first-order valence-electron chi connectivity index (χ1n) is 22.8. The minimum atomic E-state index is -4.28. The van der Waals surface area contributed by atoms with Crippen LogP contribution in [0.1, 0.15) is 219 Å². The summed E-state index contributed by atoms with van der Waals surface area (Å²) < 4.78 is 33.5. The van der Waals surface area contributed by atoms with E-state index in [4.69, 9.17) is 24.3 Å². The lowest BCUT2D eigenvalue weighted by Crippen LogP contribution is -2.28. The van der Waals surface area contributed by atoms with Crippen molar-refractivity contribution < 1.29 is 32.8 Å². The van der Waals surface area contributed by atoms with Crippen molar-refractivity contribution in [3.8, 4) is 0 Å². The first-order chi connectivity index (χ1) is 26.4. The molecule has 54 heavy (non-hydrogen) atoms. The maximum atomic E-state index is 12.6. The molecule has 8 nitrogen and oxygen atoms in total. The van der Waals surface area contributed by atoms with Crippen molar-refractivity contribution in [2.75, 3.05) is 33.0 Å². The van der Waals surface area contributed by atoms with Crippen molar-refractivity contribution in [3.63, 3.8) is 0 Å². The number of hydrogen-bond acceptors (Lipinski definition) is 7. The van der Waals surface area contributed by atoms with E-state index in [1.165, 1.54) is 167 Å². The molecule has 0 amide bonds. The number of allylic oxidation sites excluding steroid dienone is 4. The van der Waals surface area contributed by atoms with Gasteiger partial charge in [-0.3, -0.25) is 13.8 Å². The van der Waals surface area contributed by atoms with E-state index >= 15 is 0 Å². The van der Waals surface area contributed by atoms with Crippen LogP contribution in [0.15, 0.2) is 24.3 Å². The van der Waals surface area contributed by atoms with Gasteiger partial charge in [-0.15, -0.1) is 0 Å². The van der Waals surface area contributed by atoms with Gasteiger partial charge in [-0.1, -0.05) is 173 Å². The number of carbonyl (C=O) groups is 1. The summed E-state index contributed by atoms with van der Waals surface area (Å²) >= 11 is 0. The first kappa shape index (κ1) is 53.0. The molecule has 0 saturated heterocycles. The third-order valence-electron chi connectivity index (χ3n) is 9.84. The average molecular weight is 786 g/mol. The Hall–Kier alpha value is -1.02. The van der Waals surface area contributed by atoms with Crippen LogP contribution in [0.2, 0.25) is 0 Å². The fraction of sp³-hybridized carbons (Fsp3) is 0.889. The van der Waals surface area contributed by atoms with Gasteiger partial charge in [0, 0.05) is 19.6 Å². The van der Waals surface area contributed by atoms with Crippen LogP contribution in [-0.2, 0) is 27.9 Å². The molecule has 0 spiro atoms. The number of unbranched alkanes of at least 4 members (excludes halogenated alkanes) is 27. The van der Waals surface area contributed by atoms with E-state index in [1.807, 2.05) is 0 Å². The molecular weight excluding hydrogens is 697 g/mol. The SMILES string of the molecule is CCCCCCCC/C=C\CCCCCCCCCCOCC(COP(=O)(O)OCCN)OC(=O)CCCCCCCCC/C=C\CCCCCCCC. The van der Waals surface area contributed by atoms with E-state index in [1.54, 1.807) is 0 Å². The lowest BCUT2D eigenvalue weighted by atomic mass is 10.1. The molecule has 9 heteroatoms. The number of esters is 1. The van der Waals surface area contributed by atoms with Crippen LogP contribution in [-0.4, -0.2) is 49.9 Å². The van der Waals surface area contributed by atoms with Crippen LogP contribution in [0.3, 0.4) is 0 Å². The molecule has 3 N–H and O–H groups in total. The van der Waals surface area contributed by atoms with Gasteiger partial charge in [0.15, 0.2) is 0 Å². The molecule has 0 radical (unpaired) electrons. The molecule has 320 valence electrons. The van der Waals surface area contributed by atoms with Gasteiger partial charge in [0.1, 0.15) is 6.10 Å². The Morgan fingerprint density at radius 3 is 1.35 bits per heavy atom. The molecule has 0 aliphatic heterocycles. The topological polar surface area (TPSA) is 117 Å². The standard InChI is InChI=1S/C45H88NO7P/c1-3-5-7-9-11-13-15-17-19-21-23-25-27-29-31-33-35-37-40-50-42-44(43-52-54(48,49)51-41-39-46)53-45(47)38-36-34-32-30-28-26-24-22-20-18-16-14-12-10-8-6-4-2/h17-20,44H,3-16,21-43,46H2,1-2H3,(H,48,49)/b19-17-,20-18-. The van der Waals surface area contributed by atoms with Gasteiger partial charge < -0.3 is 20.1 Å². The van der Waals surface area contributed by atoms with E-state index in [0.717, 1.165) is 32.1 Å². The highest BCUT2D eigenvalue weighted by atomic mass is 31.2. The summed E-state index contributed by atoms with van der Waals surface area (Å²) in [4.78, 5) is 22.5. The maximum absolute atomic E-state index is 12.6. The van der Waals surface area contributed by atoms with E-state index in [-0.39, 0.29) is 32.3 Å². The van der Waals surface area contributed by atoms with Crippen LogP contribution in [0, 0.1) is 0 Å². The van der Waals surface area contributed by atoms with Gasteiger partial charge in [-0.25, -0.2) is 4.57 Å². The lowest BCUT2D eigenvalue weighted by molar-refractivity contribution is -0.154. The Balaban J connectivity index is 4.00. The lowest BCUT2D eigenvalue weighted by Gasteiger charge is -2.20. The van der Waals surface area contributed by atoms with Crippen LogP contribution in [0.25, 0.3) is 0 Å². The largest absolute Gasteiger partial charge is 0.472 e. The summed E-state index contributed by atoms with van der Waals surface area (Å²) in [5.74, 6) is -0.334. The molecule has 0 aromatic carbocycles. The smallest absolute Gasteiger partial charge is 0.457 e. The molecule has 2 atom stereocenters. The maximum Gasteiger partial charge on any atom is 0.472 e. The van der Waals surface area contributed by atoms with Gasteiger partial charge in [-0.2, -0.15) is 0 Å². The highest BCUT2D eigenvalue weighted by molar-refractivity contribution is 7.47. The molecule has 0 bridgehead atoms. The summed E-state index contributed by atoms with van der Waals surface area (Å²) in [6, 6.07) is 0. The molecule has 2 unspecified atom stereocenters. The Morgan fingerprint density at radius 1 is 0.537 bits per heavy atom. The van der Waals surface area contributed by atoms with Crippen molar-refractivity contribution in [2.24, 2.45) is 5.73 Å². The molecule has 0 aromatic rings. The van der Waals surface area contributed by atoms with Gasteiger partial charge >= 0.3 is 13.8 Å².